The molecule has 4 nitrogen and oxygen atoms in total. The summed E-state index contributed by atoms with van der Waals surface area (Å²) < 4.78 is 15.8. The van der Waals surface area contributed by atoms with Gasteiger partial charge in [-0.3, -0.25) is 14.8 Å². The molecule has 3 heterocycles. The third-order valence-corrected chi connectivity index (χ3v) is 6.25. The van der Waals surface area contributed by atoms with Crippen molar-refractivity contribution in [1.82, 2.24) is 9.55 Å². The van der Waals surface area contributed by atoms with Crippen molar-refractivity contribution in [3.8, 4) is 11.1 Å². The van der Waals surface area contributed by atoms with Gasteiger partial charge in [0.25, 0.3) is 5.56 Å². The van der Waals surface area contributed by atoms with Crippen LogP contribution < -0.4 is 5.56 Å². The minimum absolute atomic E-state index is 0.134. The highest BCUT2D eigenvalue weighted by Gasteiger charge is 2.18. The van der Waals surface area contributed by atoms with E-state index in [0.717, 1.165) is 39.2 Å². The van der Waals surface area contributed by atoms with E-state index in [4.69, 9.17) is 4.99 Å². The summed E-state index contributed by atoms with van der Waals surface area (Å²) in [4.78, 5) is 21.8. The highest BCUT2D eigenvalue weighted by Crippen LogP contribution is 2.28. The number of benzene rings is 2. The Hall–Kier alpha value is -3.38. The first-order chi connectivity index (χ1) is 15.5. The minimum atomic E-state index is -0.341. The molecule has 5 rings (SSSR count). The van der Waals surface area contributed by atoms with Gasteiger partial charge in [0.05, 0.1) is 23.3 Å². The summed E-state index contributed by atoms with van der Waals surface area (Å²) in [6, 6.07) is 18.6. The quantitative estimate of drug-likeness (QED) is 0.380. The number of pyridine rings is 2. The van der Waals surface area contributed by atoms with Gasteiger partial charge in [0.2, 0.25) is 0 Å². The van der Waals surface area contributed by atoms with E-state index in [1.54, 1.807) is 35.2 Å². The second kappa shape index (κ2) is 8.28. The van der Waals surface area contributed by atoms with E-state index in [9.17, 15) is 9.18 Å². The molecule has 0 radical (unpaired) electrons. The molecule has 2 aromatic heterocycles. The molecule has 0 atom stereocenters. The number of fused-ring (bicyclic) bond motifs is 1. The zero-order valence-electron chi connectivity index (χ0n) is 17.3. The van der Waals surface area contributed by atoms with Crippen LogP contribution in [0.3, 0.4) is 0 Å². The van der Waals surface area contributed by atoms with Crippen LogP contribution in [0, 0.1) is 12.7 Å². The van der Waals surface area contributed by atoms with Gasteiger partial charge in [0, 0.05) is 35.3 Å². The molecular weight excluding hydrogens is 469 g/mol. The number of hydrogen-bond donors (Lipinski definition) is 0. The van der Waals surface area contributed by atoms with E-state index in [1.165, 1.54) is 11.6 Å². The average Bonchev–Trinajstić information content (AvgIpc) is 3.21. The number of rotatable bonds is 4. The van der Waals surface area contributed by atoms with Crippen molar-refractivity contribution in [3.63, 3.8) is 0 Å². The molecule has 0 saturated carbocycles. The number of hydrogen-bond acceptors (Lipinski definition) is 3. The Labute approximate surface area is 193 Å². The topological polar surface area (TPSA) is 47.2 Å². The SMILES string of the molecule is Cc1cc(C2=NCc3ccc(-c4ccn(Cc5ccc(Br)c(F)c5)c(=O)c4)cc32)ccn1. The van der Waals surface area contributed by atoms with Crippen LogP contribution in [0.4, 0.5) is 4.39 Å². The zero-order chi connectivity index (χ0) is 22.2. The summed E-state index contributed by atoms with van der Waals surface area (Å²) in [5, 5.41) is 0. The van der Waals surface area contributed by atoms with Gasteiger partial charge in [-0.15, -0.1) is 0 Å². The second-order valence-corrected chi connectivity index (χ2v) is 8.71. The van der Waals surface area contributed by atoms with Gasteiger partial charge < -0.3 is 4.57 Å². The standard InChI is InChI=1S/C26H19BrFN3O/c1-16-10-20(6-8-29-16)26-22-12-18(3-4-21(22)14-30-26)19-7-9-31(25(32)13-19)15-17-2-5-23(27)24(28)11-17/h2-13H,14-15H2,1H3. The normalized spacial score (nSPS) is 12.5. The Kier molecular flexibility index (Phi) is 5.31. The lowest BCUT2D eigenvalue weighted by Gasteiger charge is -2.10. The summed E-state index contributed by atoms with van der Waals surface area (Å²) in [5.41, 5.74) is 7.60. The van der Waals surface area contributed by atoms with Crippen LogP contribution in [0.15, 0.2) is 87.3 Å². The number of halogens is 2. The Morgan fingerprint density at radius 2 is 1.84 bits per heavy atom. The molecule has 32 heavy (non-hydrogen) atoms. The Bertz CT molecular complexity index is 1440. The fraction of sp³-hybridized carbons (Fsp3) is 0.115. The van der Waals surface area contributed by atoms with Crippen molar-refractivity contribution < 1.29 is 4.39 Å². The van der Waals surface area contributed by atoms with Gasteiger partial charge in [0.15, 0.2) is 0 Å². The molecular formula is C26H19BrFN3O. The van der Waals surface area contributed by atoms with Crippen molar-refractivity contribution in [2.75, 3.05) is 0 Å². The van der Waals surface area contributed by atoms with Crippen molar-refractivity contribution in [3.05, 3.63) is 122 Å². The number of aliphatic imine (C=N–C) groups is 1. The van der Waals surface area contributed by atoms with E-state index >= 15 is 0 Å². The van der Waals surface area contributed by atoms with Gasteiger partial charge in [-0.1, -0.05) is 18.2 Å². The number of nitrogens with zero attached hydrogens (tertiary/aromatic N) is 3. The summed E-state index contributed by atoms with van der Waals surface area (Å²) >= 11 is 3.15. The molecule has 6 heteroatoms. The lowest BCUT2D eigenvalue weighted by atomic mass is 9.96. The van der Waals surface area contributed by atoms with Crippen LogP contribution in [0.2, 0.25) is 0 Å². The van der Waals surface area contributed by atoms with Gasteiger partial charge >= 0.3 is 0 Å². The molecule has 4 aromatic rings. The highest BCUT2D eigenvalue weighted by molar-refractivity contribution is 9.10. The fourth-order valence-electron chi connectivity index (χ4n) is 3.96. The summed E-state index contributed by atoms with van der Waals surface area (Å²) in [5.74, 6) is -0.341. The largest absolute Gasteiger partial charge is 0.311 e. The maximum atomic E-state index is 13.8. The lowest BCUT2D eigenvalue weighted by molar-refractivity contribution is 0.616. The van der Waals surface area contributed by atoms with Gasteiger partial charge in [0.1, 0.15) is 5.82 Å². The molecule has 158 valence electrons. The van der Waals surface area contributed by atoms with E-state index in [2.05, 4.69) is 33.0 Å². The predicted octanol–water partition coefficient (Wildman–Crippen LogP) is 5.52. The minimum Gasteiger partial charge on any atom is -0.311 e. The average molecular weight is 488 g/mol. The van der Waals surface area contributed by atoms with Gasteiger partial charge in [-0.25, -0.2) is 4.39 Å². The molecule has 0 saturated heterocycles. The maximum Gasteiger partial charge on any atom is 0.251 e. The van der Waals surface area contributed by atoms with Crippen LogP contribution in [0.1, 0.15) is 27.9 Å². The van der Waals surface area contributed by atoms with Gasteiger partial charge in [-0.05, 0) is 81.5 Å². The van der Waals surface area contributed by atoms with Crippen LogP contribution in [0.5, 0.6) is 0 Å². The van der Waals surface area contributed by atoms with E-state index in [-0.39, 0.29) is 11.4 Å². The smallest absolute Gasteiger partial charge is 0.251 e. The van der Waals surface area contributed by atoms with Crippen LogP contribution in [-0.2, 0) is 13.1 Å². The third kappa shape index (κ3) is 3.94. The predicted molar refractivity (Wildman–Crippen MR) is 128 cm³/mol. The molecule has 1 aliphatic rings. The maximum absolute atomic E-state index is 13.8. The highest BCUT2D eigenvalue weighted by atomic mass is 79.9. The molecule has 2 aromatic carbocycles. The Morgan fingerprint density at radius 1 is 1.00 bits per heavy atom. The van der Waals surface area contributed by atoms with Crippen molar-refractivity contribution >= 4 is 21.6 Å². The van der Waals surface area contributed by atoms with E-state index in [0.29, 0.717) is 17.6 Å². The first-order valence-electron chi connectivity index (χ1n) is 10.2. The molecule has 0 unspecified atom stereocenters. The van der Waals surface area contributed by atoms with Gasteiger partial charge in [-0.2, -0.15) is 0 Å². The van der Waals surface area contributed by atoms with Crippen LogP contribution in [-0.4, -0.2) is 15.3 Å². The van der Waals surface area contributed by atoms with Crippen molar-refractivity contribution in [2.45, 2.75) is 20.0 Å². The third-order valence-electron chi connectivity index (χ3n) is 5.61. The number of aryl methyl sites for hydroxylation is 1. The zero-order valence-corrected chi connectivity index (χ0v) is 18.9. The van der Waals surface area contributed by atoms with E-state index < -0.39 is 0 Å². The first-order valence-corrected chi connectivity index (χ1v) is 11.0. The molecule has 0 N–H and O–H groups in total. The molecule has 0 fully saturated rings. The molecule has 0 bridgehead atoms. The van der Waals surface area contributed by atoms with Crippen LogP contribution in [0.25, 0.3) is 11.1 Å². The fourth-order valence-corrected chi connectivity index (χ4v) is 4.20. The molecule has 1 aliphatic heterocycles. The van der Waals surface area contributed by atoms with Crippen molar-refractivity contribution in [2.24, 2.45) is 4.99 Å². The van der Waals surface area contributed by atoms with Crippen molar-refractivity contribution in [1.29, 1.82) is 0 Å². The first kappa shape index (κ1) is 20.5. The Balaban J connectivity index is 1.45. The lowest BCUT2D eigenvalue weighted by Crippen LogP contribution is -2.19. The summed E-state index contributed by atoms with van der Waals surface area (Å²) in [6.07, 6.45) is 3.55. The monoisotopic (exact) mass is 487 g/mol. The Morgan fingerprint density at radius 3 is 2.62 bits per heavy atom. The molecule has 0 aliphatic carbocycles. The summed E-state index contributed by atoms with van der Waals surface area (Å²) in [6.45, 7) is 2.93. The van der Waals surface area contributed by atoms with Crippen LogP contribution >= 0.6 is 15.9 Å². The summed E-state index contributed by atoms with van der Waals surface area (Å²) in [7, 11) is 0. The van der Waals surface area contributed by atoms with E-state index in [1.807, 2.05) is 31.2 Å². The second-order valence-electron chi connectivity index (χ2n) is 7.85. The number of aromatic nitrogens is 2. The molecule has 0 amide bonds. The molecule has 0 spiro atoms.